The molecule has 1 aromatic heterocycles. The summed E-state index contributed by atoms with van der Waals surface area (Å²) >= 11 is 0. The van der Waals surface area contributed by atoms with E-state index >= 15 is 0 Å². The summed E-state index contributed by atoms with van der Waals surface area (Å²) in [6.45, 7) is 0.895. The number of rotatable bonds is 4. The van der Waals surface area contributed by atoms with Crippen molar-refractivity contribution in [1.29, 1.82) is 0 Å². The van der Waals surface area contributed by atoms with Gasteiger partial charge in [-0.15, -0.1) is 0 Å². The number of para-hydroxylation sites is 1. The van der Waals surface area contributed by atoms with Gasteiger partial charge in [-0.3, -0.25) is 0 Å². The van der Waals surface area contributed by atoms with Crippen molar-refractivity contribution in [2.75, 3.05) is 25.2 Å². The summed E-state index contributed by atoms with van der Waals surface area (Å²) in [5.41, 5.74) is 0.609. The second kappa shape index (κ2) is 6.87. The Hall–Kier alpha value is -3.35. The average molecular weight is 353 g/mol. The lowest BCUT2D eigenvalue weighted by Gasteiger charge is -2.29. The van der Waals surface area contributed by atoms with Crippen molar-refractivity contribution in [2.24, 2.45) is 0 Å². The normalized spacial score (nSPS) is 12.9. The van der Waals surface area contributed by atoms with E-state index in [0.717, 1.165) is 0 Å². The zero-order valence-corrected chi connectivity index (χ0v) is 14.1. The van der Waals surface area contributed by atoms with E-state index in [1.54, 1.807) is 37.7 Å². The second-order valence-corrected chi connectivity index (χ2v) is 5.59. The van der Waals surface area contributed by atoms with Gasteiger partial charge in [0.05, 0.1) is 31.7 Å². The smallest absolute Gasteiger partial charge is 0.230 e. The number of hydrogen-bond acceptors (Lipinski definition) is 6. The number of anilines is 2. The summed E-state index contributed by atoms with van der Waals surface area (Å²) in [6, 6.07) is 12.0. The maximum Gasteiger partial charge on any atom is 0.230 e. The van der Waals surface area contributed by atoms with E-state index in [1.165, 1.54) is 6.07 Å². The molecule has 0 aliphatic carbocycles. The first kappa shape index (κ1) is 16.1. The first-order valence-electron chi connectivity index (χ1n) is 8.07. The zero-order valence-electron chi connectivity index (χ0n) is 14.1. The second-order valence-electron chi connectivity index (χ2n) is 5.59. The number of methoxy groups -OCH3 is 1. The highest BCUT2D eigenvalue weighted by Crippen LogP contribution is 2.37. The molecule has 0 N–H and O–H groups in total. The fourth-order valence-electron chi connectivity index (χ4n) is 2.72. The molecule has 0 spiro atoms. The molecule has 4 rings (SSSR count). The minimum absolute atomic E-state index is 0.221. The quantitative estimate of drug-likeness (QED) is 0.708. The molecule has 6 nitrogen and oxygen atoms in total. The summed E-state index contributed by atoms with van der Waals surface area (Å²) < 4.78 is 30.2. The van der Waals surface area contributed by atoms with Crippen LogP contribution in [-0.4, -0.2) is 30.2 Å². The van der Waals surface area contributed by atoms with Crippen LogP contribution in [-0.2, 0) is 0 Å². The maximum absolute atomic E-state index is 13.9. The van der Waals surface area contributed by atoms with Crippen molar-refractivity contribution in [2.45, 2.75) is 0 Å². The largest absolute Gasteiger partial charge is 0.497 e. The summed E-state index contributed by atoms with van der Waals surface area (Å²) in [7, 11) is 1.60. The zero-order chi connectivity index (χ0) is 17.9. The van der Waals surface area contributed by atoms with Crippen LogP contribution in [0.5, 0.6) is 23.0 Å². The summed E-state index contributed by atoms with van der Waals surface area (Å²) in [4.78, 5) is 10.5. The lowest BCUT2D eigenvalue weighted by Crippen LogP contribution is -2.30. The van der Waals surface area contributed by atoms with Crippen LogP contribution in [0.4, 0.5) is 16.0 Å². The molecule has 0 saturated carbocycles. The molecular formula is C19H16FN3O3. The van der Waals surface area contributed by atoms with Gasteiger partial charge < -0.3 is 19.1 Å². The molecule has 0 unspecified atom stereocenters. The standard InChI is InChI=1S/C19H16FN3O3/c1-24-13-4-2-5-14(10-13)26-15-11-21-19(22-12-15)23-8-9-25-18-16(20)6-3-7-17(18)23/h2-7,10-12H,8-9H2,1H3. The van der Waals surface area contributed by atoms with Crippen molar-refractivity contribution < 1.29 is 18.6 Å². The van der Waals surface area contributed by atoms with Crippen LogP contribution in [0, 0.1) is 5.82 Å². The molecule has 0 saturated heterocycles. The van der Waals surface area contributed by atoms with E-state index in [1.807, 2.05) is 23.1 Å². The van der Waals surface area contributed by atoms with Gasteiger partial charge in [0, 0.05) is 6.07 Å². The molecule has 132 valence electrons. The van der Waals surface area contributed by atoms with Gasteiger partial charge in [0.1, 0.15) is 18.1 Å². The van der Waals surface area contributed by atoms with Crippen molar-refractivity contribution in [3.8, 4) is 23.0 Å². The van der Waals surface area contributed by atoms with Crippen LogP contribution < -0.4 is 19.1 Å². The number of fused-ring (bicyclic) bond motifs is 1. The van der Waals surface area contributed by atoms with Crippen LogP contribution in [0.2, 0.25) is 0 Å². The molecule has 1 aliphatic heterocycles. The first-order valence-corrected chi connectivity index (χ1v) is 8.07. The monoisotopic (exact) mass is 353 g/mol. The molecule has 2 aromatic carbocycles. The third-order valence-corrected chi connectivity index (χ3v) is 3.93. The number of nitrogens with zero attached hydrogens (tertiary/aromatic N) is 3. The summed E-state index contributed by atoms with van der Waals surface area (Å²) in [5.74, 6) is 2.10. The fraction of sp³-hybridized carbons (Fsp3) is 0.158. The van der Waals surface area contributed by atoms with Crippen LogP contribution in [0.15, 0.2) is 54.9 Å². The minimum atomic E-state index is -0.398. The number of benzene rings is 2. The Morgan fingerprint density at radius 2 is 1.81 bits per heavy atom. The van der Waals surface area contributed by atoms with Gasteiger partial charge in [-0.25, -0.2) is 14.4 Å². The molecule has 0 radical (unpaired) electrons. The van der Waals surface area contributed by atoms with Gasteiger partial charge in [0.15, 0.2) is 17.3 Å². The molecular weight excluding hydrogens is 337 g/mol. The highest BCUT2D eigenvalue weighted by Gasteiger charge is 2.23. The molecule has 0 fully saturated rings. The van der Waals surface area contributed by atoms with Gasteiger partial charge in [-0.2, -0.15) is 0 Å². The van der Waals surface area contributed by atoms with E-state index < -0.39 is 5.82 Å². The highest BCUT2D eigenvalue weighted by molar-refractivity contribution is 5.67. The van der Waals surface area contributed by atoms with Crippen molar-refractivity contribution in [1.82, 2.24) is 9.97 Å². The average Bonchev–Trinajstić information content (AvgIpc) is 2.69. The predicted octanol–water partition coefficient (Wildman–Crippen LogP) is 3.95. The lowest BCUT2D eigenvalue weighted by atomic mass is 10.2. The Balaban J connectivity index is 1.56. The van der Waals surface area contributed by atoms with Gasteiger partial charge >= 0.3 is 0 Å². The van der Waals surface area contributed by atoms with Gasteiger partial charge in [0.25, 0.3) is 0 Å². The maximum atomic E-state index is 13.9. The summed E-state index contributed by atoms with van der Waals surface area (Å²) in [5, 5.41) is 0. The van der Waals surface area contributed by atoms with Gasteiger partial charge in [0.2, 0.25) is 5.95 Å². The topological polar surface area (TPSA) is 56.7 Å². The van der Waals surface area contributed by atoms with Crippen LogP contribution >= 0.6 is 0 Å². The van der Waals surface area contributed by atoms with Crippen molar-refractivity contribution >= 4 is 11.6 Å². The SMILES string of the molecule is COc1cccc(Oc2cnc(N3CCOc4c(F)cccc43)nc2)c1. The Morgan fingerprint density at radius 1 is 1.04 bits per heavy atom. The van der Waals surface area contributed by atoms with Crippen LogP contribution in [0.3, 0.4) is 0 Å². The molecule has 0 atom stereocenters. The summed E-state index contributed by atoms with van der Waals surface area (Å²) in [6.07, 6.45) is 3.16. The number of ether oxygens (including phenoxy) is 3. The molecule has 1 aliphatic rings. The number of aromatic nitrogens is 2. The van der Waals surface area contributed by atoms with Gasteiger partial charge in [-0.1, -0.05) is 12.1 Å². The van der Waals surface area contributed by atoms with E-state index in [0.29, 0.717) is 42.0 Å². The Kier molecular flexibility index (Phi) is 4.27. The third kappa shape index (κ3) is 3.11. The van der Waals surface area contributed by atoms with Gasteiger partial charge in [-0.05, 0) is 24.3 Å². The van der Waals surface area contributed by atoms with E-state index in [-0.39, 0.29) is 5.75 Å². The van der Waals surface area contributed by atoms with Crippen LogP contribution in [0.1, 0.15) is 0 Å². The predicted molar refractivity (Wildman–Crippen MR) is 94.0 cm³/mol. The Morgan fingerprint density at radius 3 is 2.62 bits per heavy atom. The molecule has 0 amide bonds. The molecule has 2 heterocycles. The Bertz CT molecular complexity index is 918. The van der Waals surface area contributed by atoms with E-state index in [9.17, 15) is 4.39 Å². The van der Waals surface area contributed by atoms with E-state index in [2.05, 4.69) is 9.97 Å². The number of hydrogen-bond donors (Lipinski definition) is 0. The molecule has 0 bridgehead atoms. The third-order valence-electron chi connectivity index (χ3n) is 3.93. The van der Waals surface area contributed by atoms with Crippen LogP contribution in [0.25, 0.3) is 0 Å². The van der Waals surface area contributed by atoms with E-state index in [4.69, 9.17) is 14.2 Å². The minimum Gasteiger partial charge on any atom is -0.497 e. The molecule has 7 heteroatoms. The van der Waals surface area contributed by atoms with Crippen molar-refractivity contribution in [3.63, 3.8) is 0 Å². The first-order chi connectivity index (χ1) is 12.7. The fourth-order valence-corrected chi connectivity index (χ4v) is 2.72. The lowest BCUT2D eigenvalue weighted by molar-refractivity contribution is 0.296. The molecule has 3 aromatic rings. The number of halogens is 1. The highest BCUT2D eigenvalue weighted by atomic mass is 19.1. The van der Waals surface area contributed by atoms with Crippen molar-refractivity contribution in [3.05, 3.63) is 60.7 Å². The Labute approximate surface area is 149 Å². The molecule has 26 heavy (non-hydrogen) atoms.